The van der Waals surface area contributed by atoms with Crippen molar-refractivity contribution in [2.24, 2.45) is 0 Å². The SMILES string of the molecule is CCCC(NC(=O)C1CCC(=O)c2ccccc21)C(=O)O. The molecule has 2 atom stereocenters. The molecule has 2 rings (SSSR count). The molecule has 1 aliphatic carbocycles. The third-order valence-electron chi connectivity index (χ3n) is 3.81. The van der Waals surface area contributed by atoms with E-state index in [0.717, 1.165) is 0 Å². The van der Waals surface area contributed by atoms with Crippen LogP contribution in [0.2, 0.25) is 0 Å². The summed E-state index contributed by atoms with van der Waals surface area (Å²) in [5.74, 6) is -1.74. The van der Waals surface area contributed by atoms with Gasteiger partial charge in [0.15, 0.2) is 5.78 Å². The van der Waals surface area contributed by atoms with E-state index in [-0.39, 0.29) is 11.7 Å². The van der Waals surface area contributed by atoms with Gasteiger partial charge in [0.05, 0.1) is 5.92 Å². The minimum Gasteiger partial charge on any atom is -0.480 e. The van der Waals surface area contributed by atoms with Crippen LogP contribution in [-0.2, 0) is 9.59 Å². The molecule has 1 aromatic carbocycles. The minimum absolute atomic E-state index is 0.0398. The molecule has 0 aliphatic heterocycles. The van der Waals surface area contributed by atoms with E-state index in [9.17, 15) is 14.4 Å². The molecular weight excluding hydrogens is 270 g/mol. The maximum Gasteiger partial charge on any atom is 0.326 e. The van der Waals surface area contributed by atoms with E-state index in [2.05, 4.69) is 5.32 Å². The lowest BCUT2D eigenvalue weighted by atomic mass is 9.81. The average Bonchev–Trinajstić information content (AvgIpc) is 2.47. The van der Waals surface area contributed by atoms with Crippen LogP contribution in [0.25, 0.3) is 0 Å². The van der Waals surface area contributed by atoms with Crippen molar-refractivity contribution in [1.29, 1.82) is 0 Å². The molecule has 21 heavy (non-hydrogen) atoms. The zero-order valence-electron chi connectivity index (χ0n) is 12.0. The van der Waals surface area contributed by atoms with Crippen molar-refractivity contribution in [2.45, 2.75) is 44.6 Å². The molecule has 0 heterocycles. The summed E-state index contributed by atoms with van der Waals surface area (Å²) < 4.78 is 0. The van der Waals surface area contributed by atoms with Crippen LogP contribution in [0.1, 0.15) is 54.4 Å². The first kappa shape index (κ1) is 15.2. The Morgan fingerprint density at radius 1 is 1.38 bits per heavy atom. The number of nitrogens with one attached hydrogen (secondary N) is 1. The van der Waals surface area contributed by atoms with E-state index < -0.39 is 17.9 Å². The van der Waals surface area contributed by atoms with Crippen LogP contribution in [0, 0.1) is 0 Å². The lowest BCUT2D eigenvalue weighted by Crippen LogP contribution is -2.43. The van der Waals surface area contributed by atoms with Gasteiger partial charge in [-0.2, -0.15) is 0 Å². The summed E-state index contributed by atoms with van der Waals surface area (Å²) in [6.07, 6.45) is 1.83. The van der Waals surface area contributed by atoms with Crippen LogP contribution in [0.5, 0.6) is 0 Å². The van der Waals surface area contributed by atoms with Crippen LogP contribution in [0.15, 0.2) is 24.3 Å². The highest BCUT2D eigenvalue weighted by atomic mass is 16.4. The van der Waals surface area contributed by atoms with Gasteiger partial charge >= 0.3 is 5.97 Å². The Morgan fingerprint density at radius 3 is 2.76 bits per heavy atom. The van der Waals surface area contributed by atoms with Crippen molar-refractivity contribution in [3.05, 3.63) is 35.4 Å². The normalized spacial score (nSPS) is 18.7. The quantitative estimate of drug-likeness (QED) is 0.869. The predicted octanol–water partition coefficient (Wildman–Crippen LogP) is 2.12. The van der Waals surface area contributed by atoms with Gasteiger partial charge in [0.1, 0.15) is 6.04 Å². The molecule has 0 fully saturated rings. The summed E-state index contributed by atoms with van der Waals surface area (Å²) in [6, 6.07) is 6.18. The second-order valence-corrected chi connectivity index (χ2v) is 5.29. The molecule has 0 saturated heterocycles. The number of amides is 1. The van der Waals surface area contributed by atoms with Gasteiger partial charge in [-0.15, -0.1) is 0 Å². The number of ketones is 1. The van der Waals surface area contributed by atoms with Gasteiger partial charge in [0.25, 0.3) is 0 Å². The molecule has 0 bridgehead atoms. The van der Waals surface area contributed by atoms with Crippen LogP contribution in [0.4, 0.5) is 0 Å². The zero-order chi connectivity index (χ0) is 15.4. The fourth-order valence-corrected chi connectivity index (χ4v) is 2.71. The summed E-state index contributed by atoms with van der Waals surface area (Å²) in [6.45, 7) is 1.87. The molecule has 0 radical (unpaired) electrons. The first-order valence-corrected chi connectivity index (χ1v) is 7.20. The molecule has 112 valence electrons. The van der Waals surface area contributed by atoms with Gasteiger partial charge < -0.3 is 10.4 Å². The second kappa shape index (κ2) is 6.52. The molecule has 0 saturated carbocycles. The van der Waals surface area contributed by atoms with Gasteiger partial charge in [0, 0.05) is 12.0 Å². The van der Waals surface area contributed by atoms with Gasteiger partial charge in [-0.3, -0.25) is 9.59 Å². The largest absolute Gasteiger partial charge is 0.480 e. The average molecular weight is 289 g/mol. The van der Waals surface area contributed by atoms with E-state index in [0.29, 0.717) is 36.8 Å². The van der Waals surface area contributed by atoms with Crippen molar-refractivity contribution in [3.8, 4) is 0 Å². The lowest BCUT2D eigenvalue weighted by molar-refractivity contribution is -0.142. The molecule has 0 aromatic heterocycles. The second-order valence-electron chi connectivity index (χ2n) is 5.29. The van der Waals surface area contributed by atoms with Crippen molar-refractivity contribution in [1.82, 2.24) is 5.32 Å². The number of aliphatic carboxylic acids is 1. The Morgan fingerprint density at radius 2 is 2.10 bits per heavy atom. The fourth-order valence-electron chi connectivity index (χ4n) is 2.71. The molecule has 0 spiro atoms. The Hall–Kier alpha value is -2.17. The summed E-state index contributed by atoms with van der Waals surface area (Å²) >= 11 is 0. The number of carboxylic acids is 1. The van der Waals surface area contributed by atoms with Crippen LogP contribution in [-0.4, -0.2) is 28.8 Å². The van der Waals surface area contributed by atoms with E-state index in [4.69, 9.17) is 5.11 Å². The fraction of sp³-hybridized carbons (Fsp3) is 0.438. The van der Waals surface area contributed by atoms with Crippen molar-refractivity contribution in [2.75, 3.05) is 0 Å². The highest BCUT2D eigenvalue weighted by Crippen LogP contribution is 2.31. The van der Waals surface area contributed by atoms with Crippen LogP contribution >= 0.6 is 0 Å². The Bertz CT molecular complexity index is 567. The summed E-state index contributed by atoms with van der Waals surface area (Å²) in [4.78, 5) is 35.4. The number of hydrogen-bond donors (Lipinski definition) is 2. The molecule has 1 aliphatic rings. The molecule has 1 aromatic rings. The maximum atomic E-state index is 12.4. The number of rotatable bonds is 5. The number of carbonyl (C=O) groups is 3. The molecule has 5 nitrogen and oxygen atoms in total. The molecule has 2 unspecified atom stereocenters. The maximum absolute atomic E-state index is 12.4. The molecule has 5 heteroatoms. The van der Waals surface area contributed by atoms with Gasteiger partial charge in [0.2, 0.25) is 5.91 Å². The number of hydrogen-bond acceptors (Lipinski definition) is 3. The summed E-state index contributed by atoms with van der Waals surface area (Å²) in [5.41, 5.74) is 1.28. The van der Waals surface area contributed by atoms with Crippen LogP contribution < -0.4 is 5.32 Å². The molecular formula is C16H19NO4. The Balaban J connectivity index is 2.19. The monoisotopic (exact) mass is 289 g/mol. The zero-order valence-corrected chi connectivity index (χ0v) is 12.0. The summed E-state index contributed by atoms with van der Waals surface area (Å²) in [7, 11) is 0. The van der Waals surface area contributed by atoms with Crippen molar-refractivity contribution < 1.29 is 19.5 Å². The topological polar surface area (TPSA) is 83.5 Å². The van der Waals surface area contributed by atoms with Gasteiger partial charge in [-0.05, 0) is 18.4 Å². The highest BCUT2D eigenvalue weighted by molar-refractivity contribution is 6.02. The lowest BCUT2D eigenvalue weighted by Gasteiger charge is -2.25. The Labute approximate surface area is 123 Å². The van der Waals surface area contributed by atoms with Gasteiger partial charge in [-0.25, -0.2) is 4.79 Å². The standard InChI is InChI=1S/C16H19NO4/c1-2-5-13(16(20)21)17-15(19)12-8-9-14(18)11-7-4-3-6-10(11)12/h3-4,6-7,12-13H,2,5,8-9H2,1H3,(H,17,19)(H,20,21). The number of carboxylic acid groups (broad SMARTS) is 1. The van der Waals surface area contributed by atoms with E-state index in [1.165, 1.54) is 0 Å². The third kappa shape index (κ3) is 3.29. The summed E-state index contributed by atoms with van der Waals surface area (Å²) in [5, 5.41) is 11.7. The molecule has 1 amide bonds. The van der Waals surface area contributed by atoms with Gasteiger partial charge in [-0.1, -0.05) is 37.6 Å². The smallest absolute Gasteiger partial charge is 0.326 e. The predicted molar refractivity (Wildman–Crippen MR) is 77.2 cm³/mol. The van der Waals surface area contributed by atoms with Crippen LogP contribution in [0.3, 0.4) is 0 Å². The first-order chi connectivity index (χ1) is 10.0. The third-order valence-corrected chi connectivity index (χ3v) is 3.81. The molecule has 2 N–H and O–H groups in total. The van der Waals surface area contributed by atoms with E-state index >= 15 is 0 Å². The minimum atomic E-state index is -1.02. The number of fused-ring (bicyclic) bond motifs is 1. The van der Waals surface area contributed by atoms with E-state index in [1.807, 2.05) is 6.92 Å². The van der Waals surface area contributed by atoms with Crippen molar-refractivity contribution >= 4 is 17.7 Å². The van der Waals surface area contributed by atoms with E-state index in [1.54, 1.807) is 24.3 Å². The van der Waals surface area contributed by atoms with Crippen molar-refractivity contribution in [3.63, 3.8) is 0 Å². The highest BCUT2D eigenvalue weighted by Gasteiger charge is 2.32. The first-order valence-electron chi connectivity index (χ1n) is 7.20. The number of benzene rings is 1. The Kier molecular flexibility index (Phi) is 4.73. The number of carbonyl (C=O) groups excluding carboxylic acids is 2. The number of Topliss-reactive ketones (excluding diaryl/α,β-unsaturated/α-hetero) is 1.